The van der Waals surface area contributed by atoms with Crippen LogP contribution in [0.15, 0.2) is 0 Å². The van der Waals surface area contributed by atoms with Crippen molar-refractivity contribution in [2.24, 2.45) is 17.1 Å². The van der Waals surface area contributed by atoms with Crippen LogP contribution in [0.3, 0.4) is 0 Å². The third-order valence-electron chi connectivity index (χ3n) is 5.10. The molecule has 4 heteroatoms. The molecule has 0 aliphatic carbocycles. The number of methoxy groups -OCH3 is 1. The molecule has 2 aliphatic heterocycles. The summed E-state index contributed by atoms with van der Waals surface area (Å²) in [7, 11) is 1.81. The summed E-state index contributed by atoms with van der Waals surface area (Å²) in [6.07, 6.45) is 2.54. The summed E-state index contributed by atoms with van der Waals surface area (Å²) in [5.74, 6) is 3.17. The first-order valence-corrected chi connectivity index (χ1v) is 8.23. The van der Waals surface area contributed by atoms with Gasteiger partial charge in [0, 0.05) is 31.5 Å². The molecule has 2 atom stereocenters. The minimum absolute atomic E-state index is 0.193. The summed E-state index contributed by atoms with van der Waals surface area (Å²) >= 11 is 2.08. The molecule has 0 aromatic heterocycles. The van der Waals surface area contributed by atoms with E-state index < -0.39 is 0 Å². The molecule has 2 N–H and O–H groups in total. The van der Waals surface area contributed by atoms with E-state index in [4.69, 9.17) is 10.5 Å². The molecule has 0 aromatic rings. The number of rotatable bonds is 4. The number of hydrogen-bond donors (Lipinski definition) is 1. The van der Waals surface area contributed by atoms with Gasteiger partial charge in [0.05, 0.1) is 6.61 Å². The number of nitrogens with two attached hydrogens (primary N) is 1. The van der Waals surface area contributed by atoms with Gasteiger partial charge in [0.15, 0.2) is 0 Å². The van der Waals surface area contributed by atoms with Gasteiger partial charge in [-0.1, -0.05) is 13.8 Å². The van der Waals surface area contributed by atoms with Crippen LogP contribution in [0.5, 0.6) is 0 Å². The smallest absolute Gasteiger partial charge is 0.0503 e. The molecule has 18 heavy (non-hydrogen) atoms. The van der Waals surface area contributed by atoms with Gasteiger partial charge in [0.1, 0.15) is 0 Å². The molecule has 0 saturated carbocycles. The number of thioether (sulfide) groups is 1. The Hall–Kier alpha value is 0.230. The summed E-state index contributed by atoms with van der Waals surface area (Å²) in [6, 6.07) is 0. The first-order valence-electron chi connectivity index (χ1n) is 7.07. The first-order chi connectivity index (χ1) is 8.55. The Kier molecular flexibility index (Phi) is 4.63. The van der Waals surface area contributed by atoms with Crippen LogP contribution in [0.25, 0.3) is 0 Å². The molecule has 2 aliphatic rings. The Labute approximate surface area is 116 Å². The standard InChI is InChI=1S/C14H28N2OS/c1-13(2)5-7-18-11-14(13,10-15)16-6-4-12(8-16)9-17-3/h12H,4-11,15H2,1-3H3. The molecular weight excluding hydrogens is 244 g/mol. The maximum Gasteiger partial charge on any atom is 0.0503 e. The lowest BCUT2D eigenvalue weighted by atomic mass is 9.70. The lowest BCUT2D eigenvalue weighted by Gasteiger charge is -2.54. The van der Waals surface area contributed by atoms with E-state index in [2.05, 4.69) is 30.5 Å². The van der Waals surface area contributed by atoms with Gasteiger partial charge < -0.3 is 10.5 Å². The van der Waals surface area contributed by atoms with Crippen LogP contribution in [0.2, 0.25) is 0 Å². The van der Waals surface area contributed by atoms with E-state index in [1.54, 1.807) is 0 Å². The highest BCUT2D eigenvalue weighted by atomic mass is 32.2. The summed E-state index contributed by atoms with van der Waals surface area (Å²) in [6.45, 7) is 8.84. The third-order valence-corrected chi connectivity index (χ3v) is 6.28. The maximum absolute atomic E-state index is 6.23. The number of hydrogen-bond acceptors (Lipinski definition) is 4. The highest BCUT2D eigenvalue weighted by Gasteiger charge is 2.51. The van der Waals surface area contributed by atoms with Crippen LogP contribution in [0.4, 0.5) is 0 Å². The van der Waals surface area contributed by atoms with Crippen molar-refractivity contribution >= 4 is 11.8 Å². The number of likely N-dealkylation sites (tertiary alicyclic amines) is 1. The second-order valence-electron chi connectivity index (χ2n) is 6.48. The van der Waals surface area contributed by atoms with Crippen LogP contribution in [-0.4, -0.2) is 55.3 Å². The van der Waals surface area contributed by atoms with Crippen LogP contribution in [-0.2, 0) is 4.74 Å². The lowest BCUT2D eigenvalue weighted by Crippen LogP contribution is -2.65. The van der Waals surface area contributed by atoms with E-state index in [0.717, 1.165) is 19.7 Å². The average Bonchev–Trinajstić information content (AvgIpc) is 2.78. The molecule has 0 amide bonds. The second-order valence-corrected chi connectivity index (χ2v) is 7.58. The van der Waals surface area contributed by atoms with E-state index in [0.29, 0.717) is 11.3 Å². The molecule has 2 fully saturated rings. The SMILES string of the molecule is COCC1CCN(C2(CN)CSCCC2(C)C)C1. The van der Waals surface area contributed by atoms with Gasteiger partial charge in [-0.2, -0.15) is 11.8 Å². The third kappa shape index (κ3) is 2.45. The van der Waals surface area contributed by atoms with Gasteiger partial charge in [0.25, 0.3) is 0 Å². The van der Waals surface area contributed by atoms with Crippen molar-refractivity contribution < 1.29 is 4.74 Å². The van der Waals surface area contributed by atoms with Crippen LogP contribution >= 0.6 is 11.8 Å². The zero-order chi connectivity index (χ0) is 13.2. The zero-order valence-corrected chi connectivity index (χ0v) is 12.9. The fourth-order valence-corrected chi connectivity index (χ4v) is 5.40. The Morgan fingerprint density at radius 3 is 2.83 bits per heavy atom. The van der Waals surface area contributed by atoms with Crippen molar-refractivity contribution in [2.45, 2.75) is 32.2 Å². The summed E-state index contributed by atoms with van der Waals surface area (Å²) in [5.41, 5.74) is 6.75. The fourth-order valence-electron chi connectivity index (χ4n) is 3.57. The maximum atomic E-state index is 6.23. The Bertz CT molecular complexity index is 285. The van der Waals surface area contributed by atoms with Crippen LogP contribution in [0.1, 0.15) is 26.7 Å². The summed E-state index contributed by atoms with van der Waals surface area (Å²) in [5, 5.41) is 0. The van der Waals surface area contributed by atoms with Crippen LogP contribution in [0, 0.1) is 11.3 Å². The number of ether oxygens (including phenoxy) is 1. The predicted molar refractivity (Wildman–Crippen MR) is 79.1 cm³/mol. The largest absolute Gasteiger partial charge is 0.384 e. The number of nitrogens with zero attached hydrogens (tertiary/aromatic N) is 1. The molecule has 0 spiro atoms. The fraction of sp³-hybridized carbons (Fsp3) is 1.00. The second kappa shape index (κ2) is 5.70. The van der Waals surface area contributed by atoms with Crippen molar-refractivity contribution in [3.8, 4) is 0 Å². The van der Waals surface area contributed by atoms with Gasteiger partial charge in [-0.25, -0.2) is 0 Å². The van der Waals surface area contributed by atoms with E-state index in [1.165, 1.54) is 30.9 Å². The van der Waals surface area contributed by atoms with Crippen molar-refractivity contribution in [1.82, 2.24) is 4.90 Å². The molecular formula is C14H28N2OS. The van der Waals surface area contributed by atoms with Gasteiger partial charge in [0.2, 0.25) is 0 Å². The van der Waals surface area contributed by atoms with Crippen molar-refractivity contribution in [3.05, 3.63) is 0 Å². The lowest BCUT2D eigenvalue weighted by molar-refractivity contribution is 0.0130. The molecule has 0 aromatic carbocycles. The van der Waals surface area contributed by atoms with Gasteiger partial charge >= 0.3 is 0 Å². The zero-order valence-electron chi connectivity index (χ0n) is 12.1. The molecule has 2 rings (SSSR count). The predicted octanol–water partition coefficient (Wildman–Crippen LogP) is 1.82. The molecule has 2 heterocycles. The highest BCUT2D eigenvalue weighted by molar-refractivity contribution is 7.99. The Morgan fingerprint density at radius 2 is 2.22 bits per heavy atom. The minimum Gasteiger partial charge on any atom is -0.384 e. The topological polar surface area (TPSA) is 38.5 Å². The van der Waals surface area contributed by atoms with E-state index in [-0.39, 0.29) is 5.54 Å². The van der Waals surface area contributed by atoms with Crippen molar-refractivity contribution in [3.63, 3.8) is 0 Å². The molecule has 0 radical (unpaired) electrons. The Balaban J connectivity index is 2.12. The summed E-state index contributed by atoms with van der Waals surface area (Å²) in [4.78, 5) is 2.67. The quantitative estimate of drug-likeness (QED) is 0.847. The van der Waals surface area contributed by atoms with E-state index in [1.807, 2.05) is 7.11 Å². The molecule has 3 nitrogen and oxygen atoms in total. The first kappa shape index (κ1) is 14.6. The van der Waals surface area contributed by atoms with Crippen LogP contribution < -0.4 is 5.73 Å². The molecule has 2 saturated heterocycles. The van der Waals surface area contributed by atoms with Crippen molar-refractivity contribution in [2.75, 3.05) is 44.9 Å². The highest BCUT2D eigenvalue weighted by Crippen LogP contribution is 2.47. The van der Waals surface area contributed by atoms with Gasteiger partial charge in [-0.05, 0) is 36.5 Å². The molecule has 0 bridgehead atoms. The van der Waals surface area contributed by atoms with Gasteiger partial charge in [-0.15, -0.1) is 0 Å². The van der Waals surface area contributed by atoms with E-state index >= 15 is 0 Å². The van der Waals surface area contributed by atoms with Gasteiger partial charge in [-0.3, -0.25) is 4.90 Å². The Morgan fingerprint density at radius 1 is 1.44 bits per heavy atom. The summed E-state index contributed by atoms with van der Waals surface area (Å²) < 4.78 is 5.32. The average molecular weight is 272 g/mol. The monoisotopic (exact) mass is 272 g/mol. The molecule has 2 unspecified atom stereocenters. The normalized spacial score (nSPS) is 37.0. The van der Waals surface area contributed by atoms with E-state index in [9.17, 15) is 0 Å². The minimum atomic E-state index is 0.193. The molecule has 106 valence electrons. The van der Waals surface area contributed by atoms with Crippen molar-refractivity contribution in [1.29, 1.82) is 0 Å².